The van der Waals surface area contributed by atoms with Crippen LogP contribution in [0.2, 0.25) is 0 Å². The second-order valence-electron chi connectivity index (χ2n) is 9.00. The Balaban J connectivity index is 0.000000892. The lowest BCUT2D eigenvalue weighted by Gasteiger charge is -2.29. The maximum atomic E-state index is 12.1. The number of ether oxygens (including phenoxy) is 1. The van der Waals surface area contributed by atoms with Gasteiger partial charge in [0, 0.05) is 37.0 Å². The molecule has 0 aliphatic heterocycles. The molecular formula is C23H43NO4. The molecule has 2 fully saturated rings. The summed E-state index contributed by atoms with van der Waals surface area (Å²) in [7, 11) is 0. The van der Waals surface area contributed by atoms with E-state index in [0.29, 0.717) is 24.9 Å². The average Bonchev–Trinajstić information content (AvgIpc) is 2.65. The molecule has 0 saturated heterocycles. The lowest BCUT2D eigenvalue weighted by Crippen LogP contribution is -2.39. The third kappa shape index (κ3) is 11.2. The van der Waals surface area contributed by atoms with Gasteiger partial charge in [-0.1, -0.05) is 33.1 Å². The number of amides is 1. The molecule has 0 aromatic carbocycles. The summed E-state index contributed by atoms with van der Waals surface area (Å²) in [5.41, 5.74) is 0. The van der Waals surface area contributed by atoms with Gasteiger partial charge in [-0.25, -0.2) is 0 Å². The van der Waals surface area contributed by atoms with Crippen LogP contribution >= 0.6 is 0 Å². The average molecular weight is 398 g/mol. The highest BCUT2D eigenvalue weighted by Gasteiger charge is 2.28. The molecule has 0 bridgehead atoms. The van der Waals surface area contributed by atoms with Gasteiger partial charge in [0.15, 0.2) is 0 Å². The number of nitrogens with one attached hydrogen (secondary N) is 1. The molecule has 2 aliphatic carbocycles. The van der Waals surface area contributed by atoms with E-state index in [1.54, 1.807) is 13.8 Å². The Morgan fingerprint density at radius 3 is 2.07 bits per heavy atom. The van der Waals surface area contributed by atoms with Gasteiger partial charge in [0.05, 0.1) is 6.10 Å². The van der Waals surface area contributed by atoms with E-state index in [9.17, 15) is 9.59 Å². The lowest BCUT2D eigenvalue weighted by molar-refractivity contribution is -0.127. The minimum absolute atomic E-state index is 0.130. The molecule has 28 heavy (non-hydrogen) atoms. The molecule has 5 nitrogen and oxygen atoms in total. The van der Waals surface area contributed by atoms with Crippen LogP contribution in [0.1, 0.15) is 98.3 Å². The molecule has 0 unspecified atom stereocenters. The normalized spacial score (nSPS) is 23.2. The molecule has 0 radical (unpaired) electrons. The monoisotopic (exact) mass is 397 g/mol. The minimum Gasteiger partial charge on any atom is -0.394 e. The van der Waals surface area contributed by atoms with Crippen LogP contribution in [0.5, 0.6) is 0 Å². The van der Waals surface area contributed by atoms with E-state index in [1.165, 1.54) is 32.1 Å². The number of carbonyl (C=O) groups is 2. The Bertz CT molecular complexity index is 433. The van der Waals surface area contributed by atoms with Crippen molar-refractivity contribution in [3.8, 4) is 0 Å². The molecule has 1 amide bonds. The number of carbonyl (C=O) groups excluding carboxylic acids is 2. The zero-order chi connectivity index (χ0) is 20.9. The summed E-state index contributed by atoms with van der Waals surface area (Å²) >= 11 is 0. The SMILES string of the molecule is CC(C)C(=O)C1CCC(NC(=O)CCCOC2CCCCC2)CC1.CC(C)O. The smallest absolute Gasteiger partial charge is 0.220 e. The molecule has 0 aromatic rings. The Labute approximate surface area is 172 Å². The lowest BCUT2D eigenvalue weighted by atomic mass is 9.80. The summed E-state index contributed by atoms with van der Waals surface area (Å²) in [5.74, 6) is 0.868. The number of aliphatic hydroxyl groups excluding tert-OH is 1. The van der Waals surface area contributed by atoms with Crippen LogP contribution in [0.4, 0.5) is 0 Å². The predicted molar refractivity (Wildman–Crippen MR) is 113 cm³/mol. The molecule has 0 heterocycles. The topological polar surface area (TPSA) is 75.6 Å². The van der Waals surface area contributed by atoms with Gasteiger partial charge in [-0.05, 0) is 58.8 Å². The van der Waals surface area contributed by atoms with Crippen LogP contribution in [0.3, 0.4) is 0 Å². The summed E-state index contributed by atoms with van der Waals surface area (Å²) < 4.78 is 5.87. The number of hydrogen-bond acceptors (Lipinski definition) is 4. The Morgan fingerprint density at radius 2 is 1.54 bits per heavy atom. The fraction of sp³-hybridized carbons (Fsp3) is 0.913. The van der Waals surface area contributed by atoms with Gasteiger partial charge < -0.3 is 15.2 Å². The molecule has 5 heteroatoms. The zero-order valence-corrected chi connectivity index (χ0v) is 18.5. The van der Waals surface area contributed by atoms with Gasteiger partial charge in [0.25, 0.3) is 0 Å². The molecule has 164 valence electrons. The largest absolute Gasteiger partial charge is 0.394 e. The van der Waals surface area contributed by atoms with Crippen LogP contribution < -0.4 is 5.32 Å². The first-order valence-corrected chi connectivity index (χ1v) is 11.4. The molecule has 2 saturated carbocycles. The molecule has 0 spiro atoms. The highest BCUT2D eigenvalue weighted by atomic mass is 16.5. The highest BCUT2D eigenvalue weighted by molar-refractivity contribution is 5.83. The van der Waals surface area contributed by atoms with E-state index in [2.05, 4.69) is 5.32 Å². The quantitative estimate of drug-likeness (QED) is 0.595. The van der Waals surface area contributed by atoms with Crippen molar-refractivity contribution in [2.45, 2.75) is 117 Å². The summed E-state index contributed by atoms with van der Waals surface area (Å²) in [4.78, 5) is 24.1. The minimum atomic E-state index is -0.167. The van der Waals surface area contributed by atoms with Crippen molar-refractivity contribution in [3.05, 3.63) is 0 Å². The number of aliphatic hydroxyl groups is 1. The van der Waals surface area contributed by atoms with Gasteiger partial charge >= 0.3 is 0 Å². The van der Waals surface area contributed by atoms with Crippen LogP contribution in [-0.2, 0) is 14.3 Å². The van der Waals surface area contributed by atoms with Crippen LogP contribution in [0.25, 0.3) is 0 Å². The third-order valence-corrected chi connectivity index (χ3v) is 5.52. The van der Waals surface area contributed by atoms with E-state index in [1.807, 2.05) is 13.8 Å². The van der Waals surface area contributed by atoms with Crippen LogP contribution in [-0.4, -0.2) is 41.7 Å². The molecular weight excluding hydrogens is 354 g/mol. The standard InChI is InChI=1S/C20H35NO3.C3H8O/c1-15(2)20(23)16-10-12-17(13-11-16)21-19(22)9-6-14-24-18-7-4-3-5-8-18;1-3(2)4/h15-18H,3-14H2,1-2H3,(H,21,22);3-4H,1-2H3. The summed E-state index contributed by atoms with van der Waals surface area (Å²) in [6.45, 7) is 8.10. The van der Waals surface area contributed by atoms with E-state index in [0.717, 1.165) is 32.1 Å². The molecule has 2 rings (SSSR count). The van der Waals surface area contributed by atoms with E-state index in [4.69, 9.17) is 9.84 Å². The first kappa shape index (κ1) is 25.1. The van der Waals surface area contributed by atoms with Crippen molar-refractivity contribution in [2.75, 3.05) is 6.61 Å². The van der Waals surface area contributed by atoms with Gasteiger partial charge in [-0.2, -0.15) is 0 Å². The third-order valence-electron chi connectivity index (χ3n) is 5.52. The number of Topliss-reactive ketones (excluding diaryl/α,β-unsaturated/α-hetero) is 1. The summed E-state index contributed by atoms with van der Waals surface area (Å²) in [5, 5.41) is 11.2. The highest BCUT2D eigenvalue weighted by Crippen LogP contribution is 2.27. The van der Waals surface area contributed by atoms with Crippen molar-refractivity contribution in [1.82, 2.24) is 5.32 Å². The van der Waals surface area contributed by atoms with Crippen molar-refractivity contribution in [3.63, 3.8) is 0 Å². The molecule has 0 atom stereocenters. The fourth-order valence-electron chi connectivity index (χ4n) is 4.01. The van der Waals surface area contributed by atoms with Crippen molar-refractivity contribution in [1.29, 1.82) is 0 Å². The van der Waals surface area contributed by atoms with Gasteiger partial charge in [0.1, 0.15) is 5.78 Å². The zero-order valence-electron chi connectivity index (χ0n) is 18.5. The fourth-order valence-corrected chi connectivity index (χ4v) is 4.01. The van der Waals surface area contributed by atoms with E-state index < -0.39 is 0 Å². The number of rotatable bonds is 8. The van der Waals surface area contributed by atoms with Crippen molar-refractivity contribution < 1.29 is 19.4 Å². The number of hydrogen-bond donors (Lipinski definition) is 2. The van der Waals surface area contributed by atoms with Crippen molar-refractivity contribution in [2.24, 2.45) is 11.8 Å². The Kier molecular flexibility index (Phi) is 12.6. The van der Waals surface area contributed by atoms with E-state index >= 15 is 0 Å². The van der Waals surface area contributed by atoms with Crippen LogP contribution in [0, 0.1) is 11.8 Å². The first-order valence-electron chi connectivity index (χ1n) is 11.4. The first-order chi connectivity index (χ1) is 13.3. The summed E-state index contributed by atoms with van der Waals surface area (Å²) in [6.07, 6.45) is 11.6. The van der Waals surface area contributed by atoms with E-state index in [-0.39, 0.29) is 29.9 Å². The van der Waals surface area contributed by atoms with Crippen LogP contribution in [0.15, 0.2) is 0 Å². The molecule has 2 aliphatic rings. The summed E-state index contributed by atoms with van der Waals surface area (Å²) in [6, 6.07) is 0.257. The number of ketones is 1. The second-order valence-corrected chi connectivity index (χ2v) is 9.00. The van der Waals surface area contributed by atoms with Crippen molar-refractivity contribution >= 4 is 11.7 Å². The van der Waals surface area contributed by atoms with Gasteiger partial charge in [0.2, 0.25) is 5.91 Å². The molecule has 0 aromatic heterocycles. The van der Waals surface area contributed by atoms with Gasteiger partial charge in [-0.15, -0.1) is 0 Å². The second kappa shape index (κ2) is 14.1. The Hall–Kier alpha value is -0.940. The molecule has 2 N–H and O–H groups in total. The predicted octanol–water partition coefficient (Wildman–Crippen LogP) is 4.40. The Morgan fingerprint density at radius 1 is 0.964 bits per heavy atom. The maximum Gasteiger partial charge on any atom is 0.220 e. The van der Waals surface area contributed by atoms with Gasteiger partial charge in [-0.3, -0.25) is 9.59 Å². The maximum absolute atomic E-state index is 12.1.